The number of aliphatic hydroxyl groups excluding tert-OH is 2. The summed E-state index contributed by atoms with van der Waals surface area (Å²) < 4.78 is 5.16. The molecule has 0 aromatic heterocycles. The topological polar surface area (TPSA) is 152 Å². The maximum atomic E-state index is 13.8. The number of piperidine rings is 1. The first kappa shape index (κ1) is 25.1. The molecule has 12 nitrogen and oxygen atoms in total. The van der Waals surface area contributed by atoms with E-state index < -0.39 is 41.9 Å². The maximum absolute atomic E-state index is 13.8. The summed E-state index contributed by atoms with van der Waals surface area (Å²) in [5, 5.41) is 26.3. The molecule has 5 amide bonds. The number of likely N-dealkylation sites (tertiary alicyclic amines) is 2. The van der Waals surface area contributed by atoms with Gasteiger partial charge in [-0.25, -0.2) is 4.79 Å². The highest BCUT2D eigenvalue weighted by Gasteiger charge is 2.60. The van der Waals surface area contributed by atoms with Crippen molar-refractivity contribution in [2.24, 2.45) is 5.92 Å². The van der Waals surface area contributed by atoms with Crippen molar-refractivity contribution in [1.29, 1.82) is 0 Å². The number of fused-ring (bicyclic) bond motifs is 2. The number of amides is 5. The molecule has 1 spiro atoms. The van der Waals surface area contributed by atoms with Crippen LogP contribution in [0.25, 0.3) is 0 Å². The van der Waals surface area contributed by atoms with Crippen molar-refractivity contribution < 1.29 is 34.1 Å². The standard InChI is InChI=1S/C26H33N5O7/c1-38-17-4-2-14(3-5-17)12-30-24(36)26(28-25(30)37)6-7-29(13-26)23(35)21-15-8-19(20(33)9-15)31(21)22(34)18-10-16(32)11-27-18/h2-5,15-16,18-21,27,32-33H,6-13H2,1H3,(H,28,37)/t15?,16-,18+,19?,20+,21+,26?/m0/s1. The number of β-amino-alcohol motifs (C(OH)–C–C–N with tert-alkyl or cyclic N) is 1. The summed E-state index contributed by atoms with van der Waals surface area (Å²) in [5.74, 6) is -0.406. The number of hydrogen-bond acceptors (Lipinski definition) is 8. The number of carbonyl (C=O) groups excluding carboxylic acids is 4. The van der Waals surface area contributed by atoms with Crippen LogP contribution in [0.3, 0.4) is 0 Å². The number of rotatable bonds is 5. The molecule has 4 N–H and O–H groups in total. The number of nitrogens with zero attached hydrogens (tertiary/aromatic N) is 3. The van der Waals surface area contributed by atoms with Crippen LogP contribution in [0.15, 0.2) is 24.3 Å². The Morgan fingerprint density at radius 3 is 2.55 bits per heavy atom. The molecule has 38 heavy (non-hydrogen) atoms. The Balaban J connectivity index is 1.17. The number of methoxy groups -OCH3 is 1. The van der Waals surface area contributed by atoms with Crippen LogP contribution in [0, 0.1) is 5.92 Å². The van der Waals surface area contributed by atoms with Gasteiger partial charge in [0.25, 0.3) is 5.91 Å². The molecule has 1 aromatic rings. The van der Waals surface area contributed by atoms with Crippen molar-refractivity contribution in [3.05, 3.63) is 29.8 Å². The van der Waals surface area contributed by atoms with Crippen LogP contribution in [0.1, 0.15) is 31.2 Å². The van der Waals surface area contributed by atoms with Crippen molar-refractivity contribution in [2.45, 2.75) is 68.1 Å². The number of aliphatic hydroxyl groups is 2. The highest BCUT2D eigenvalue weighted by molar-refractivity contribution is 6.08. The third kappa shape index (κ3) is 3.93. The molecule has 1 aromatic carbocycles. The molecule has 5 fully saturated rings. The monoisotopic (exact) mass is 527 g/mol. The fraction of sp³-hybridized carbons (Fsp3) is 0.615. The van der Waals surface area contributed by atoms with E-state index in [9.17, 15) is 29.4 Å². The number of benzene rings is 1. The number of ether oxygens (including phenoxy) is 1. The van der Waals surface area contributed by atoms with Crippen LogP contribution < -0.4 is 15.4 Å². The molecule has 0 radical (unpaired) electrons. The lowest BCUT2D eigenvalue weighted by Gasteiger charge is -2.39. The Bertz CT molecular complexity index is 1160. The lowest BCUT2D eigenvalue weighted by Crippen LogP contribution is -2.60. The summed E-state index contributed by atoms with van der Waals surface area (Å²) in [6.45, 7) is 0.731. The van der Waals surface area contributed by atoms with Gasteiger partial charge >= 0.3 is 6.03 Å². The van der Waals surface area contributed by atoms with Crippen molar-refractivity contribution in [3.8, 4) is 5.75 Å². The average molecular weight is 528 g/mol. The van der Waals surface area contributed by atoms with Crippen LogP contribution in [-0.4, -0.2) is 111 Å². The Labute approximate surface area is 219 Å². The molecule has 12 heteroatoms. The molecule has 4 saturated heterocycles. The molecule has 7 atom stereocenters. The van der Waals surface area contributed by atoms with E-state index in [1.165, 1.54) is 9.80 Å². The van der Waals surface area contributed by atoms with E-state index in [1.54, 1.807) is 36.3 Å². The van der Waals surface area contributed by atoms with Gasteiger partial charge in [-0.15, -0.1) is 0 Å². The van der Waals surface area contributed by atoms with Gasteiger partial charge in [-0.3, -0.25) is 19.3 Å². The summed E-state index contributed by atoms with van der Waals surface area (Å²) in [6, 6.07) is 4.86. The molecule has 3 unspecified atom stereocenters. The zero-order valence-corrected chi connectivity index (χ0v) is 21.2. The van der Waals surface area contributed by atoms with E-state index in [4.69, 9.17) is 4.74 Å². The van der Waals surface area contributed by atoms with Crippen LogP contribution in [0.5, 0.6) is 5.75 Å². The second kappa shape index (κ2) is 9.21. The predicted octanol–water partition coefficient (Wildman–Crippen LogP) is -1.21. The second-order valence-corrected chi connectivity index (χ2v) is 11.2. The molecular weight excluding hydrogens is 494 g/mol. The van der Waals surface area contributed by atoms with Gasteiger partial charge in [0, 0.05) is 13.1 Å². The van der Waals surface area contributed by atoms with E-state index in [0.717, 1.165) is 5.56 Å². The minimum Gasteiger partial charge on any atom is -0.497 e. The lowest BCUT2D eigenvalue weighted by atomic mass is 9.95. The average Bonchev–Trinajstić information content (AvgIpc) is 3.72. The number of hydrogen-bond donors (Lipinski definition) is 4. The van der Waals surface area contributed by atoms with Crippen molar-refractivity contribution in [3.63, 3.8) is 0 Å². The SMILES string of the molecule is COc1ccc(CN2C(=O)NC3(CCN(C(=O)[C@H]4C5CC([C@H](O)C5)N4C(=O)[C@H]4C[C@H](O)CN4)C3)C2=O)cc1. The number of nitrogens with one attached hydrogen (secondary N) is 2. The van der Waals surface area contributed by atoms with Crippen LogP contribution in [0.4, 0.5) is 4.79 Å². The third-order valence-electron chi connectivity index (χ3n) is 8.88. The summed E-state index contributed by atoms with van der Waals surface area (Å²) in [5.41, 5.74) is -0.417. The highest BCUT2D eigenvalue weighted by atomic mass is 16.5. The molecule has 1 saturated carbocycles. The molecule has 4 heterocycles. The van der Waals surface area contributed by atoms with Gasteiger partial charge in [-0.1, -0.05) is 12.1 Å². The largest absolute Gasteiger partial charge is 0.497 e. The highest BCUT2D eigenvalue weighted by Crippen LogP contribution is 2.44. The Morgan fingerprint density at radius 2 is 1.87 bits per heavy atom. The first-order valence-electron chi connectivity index (χ1n) is 13.2. The van der Waals surface area contributed by atoms with E-state index >= 15 is 0 Å². The quantitative estimate of drug-likeness (QED) is 0.348. The summed E-state index contributed by atoms with van der Waals surface area (Å²) in [6.07, 6.45) is 0.223. The minimum absolute atomic E-state index is 0.0361. The summed E-state index contributed by atoms with van der Waals surface area (Å²) >= 11 is 0. The molecule has 5 aliphatic rings. The zero-order valence-electron chi connectivity index (χ0n) is 21.2. The van der Waals surface area contributed by atoms with Crippen LogP contribution in [0.2, 0.25) is 0 Å². The smallest absolute Gasteiger partial charge is 0.325 e. The van der Waals surface area contributed by atoms with Gasteiger partial charge in [0.2, 0.25) is 11.8 Å². The zero-order chi connectivity index (χ0) is 26.8. The van der Waals surface area contributed by atoms with Gasteiger partial charge in [-0.2, -0.15) is 0 Å². The third-order valence-corrected chi connectivity index (χ3v) is 8.88. The number of urea groups is 1. The molecule has 1 aliphatic carbocycles. The number of carbonyl (C=O) groups is 4. The molecule has 204 valence electrons. The van der Waals surface area contributed by atoms with Gasteiger partial charge < -0.3 is 35.4 Å². The predicted molar refractivity (Wildman–Crippen MR) is 132 cm³/mol. The molecule has 4 aliphatic heterocycles. The van der Waals surface area contributed by atoms with Crippen LogP contribution >= 0.6 is 0 Å². The van der Waals surface area contributed by atoms with Crippen LogP contribution in [-0.2, 0) is 20.9 Å². The molecule has 6 rings (SSSR count). The fourth-order valence-corrected chi connectivity index (χ4v) is 6.92. The normalized spacial score (nSPS) is 36.0. The lowest BCUT2D eigenvalue weighted by molar-refractivity contribution is -0.152. The minimum atomic E-state index is -1.19. The van der Waals surface area contributed by atoms with E-state index in [0.29, 0.717) is 25.1 Å². The number of imide groups is 1. The van der Waals surface area contributed by atoms with Gasteiger partial charge in [0.1, 0.15) is 17.3 Å². The summed E-state index contributed by atoms with van der Waals surface area (Å²) in [7, 11) is 1.56. The van der Waals surface area contributed by atoms with Crippen molar-refractivity contribution in [1.82, 2.24) is 25.3 Å². The summed E-state index contributed by atoms with van der Waals surface area (Å²) in [4.78, 5) is 57.8. The molecular formula is C26H33N5O7. The van der Waals surface area contributed by atoms with Gasteiger partial charge in [0.05, 0.1) is 44.5 Å². The molecule has 2 bridgehead atoms. The van der Waals surface area contributed by atoms with E-state index in [1.807, 2.05) is 0 Å². The van der Waals surface area contributed by atoms with Crippen molar-refractivity contribution >= 4 is 23.8 Å². The first-order chi connectivity index (χ1) is 18.2. The Hall–Kier alpha value is -3.22. The van der Waals surface area contributed by atoms with Gasteiger partial charge in [-0.05, 0) is 49.3 Å². The second-order valence-electron chi connectivity index (χ2n) is 11.2. The Kier molecular flexibility index (Phi) is 6.08. The maximum Gasteiger partial charge on any atom is 0.325 e. The fourth-order valence-electron chi connectivity index (χ4n) is 6.92. The van der Waals surface area contributed by atoms with Crippen molar-refractivity contribution in [2.75, 3.05) is 26.7 Å². The van der Waals surface area contributed by atoms with E-state index in [-0.39, 0.29) is 56.1 Å². The first-order valence-corrected chi connectivity index (χ1v) is 13.2. The Morgan fingerprint density at radius 1 is 1.11 bits per heavy atom. The van der Waals surface area contributed by atoms with E-state index in [2.05, 4.69) is 10.6 Å². The van der Waals surface area contributed by atoms with Gasteiger partial charge in [0.15, 0.2) is 0 Å².